The van der Waals surface area contributed by atoms with Gasteiger partial charge in [-0.25, -0.2) is 0 Å². The van der Waals surface area contributed by atoms with Gasteiger partial charge in [0.05, 0.1) is 5.48 Å². The minimum atomic E-state index is -0.423. The number of benzene rings is 1. The van der Waals surface area contributed by atoms with Crippen molar-refractivity contribution in [2.45, 2.75) is 26.2 Å². The molecule has 0 atom stereocenters. The summed E-state index contributed by atoms with van der Waals surface area (Å²) in [5, 5.41) is 0. The number of hydrogen-bond acceptors (Lipinski definition) is 1. The molecule has 0 saturated heterocycles. The second-order valence-corrected chi connectivity index (χ2v) is 3.54. The first-order valence-corrected chi connectivity index (χ1v) is 3.54. The predicted octanol–water partition coefficient (Wildman–Crippen LogP) is 2.57. The molecule has 0 fully saturated rings. The van der Waals surface area contributed by atoms with Crippen LogP contribution >= 0.6 is 0 Å². The van der Waals surface area contributed by atoms with Crippen molar-refractivity contribution in [3.8, 4) is 0 Å². The van der Waals surface area contributed by atoms with Crippen molar-refractivity contribution in [1.82, 2.24) is 0 Å². The third-order valence-corrected chi connectivity index (χ3v) is 1.39. The standard InChI is InChI=1S/C10H15N/c1-10(2,3)8-4-6-9(11)7-5-8/h4-7H,11H2,1-3H3/i4D,5D,6D,7D. The van der Waals surface area contributed by atoms with Crippen LogP contribution in [0.3, 0.4) is 0 Å². The average molecular weight is 153 g/mol. The SMILES string of the molecule is [2H]c1c([2H])c(C(C)(C)C)c([2H])c([2H])c1N. The lowest BCUT2D eigenvalue weighted by molar-refractivity contribution is 0.590. The van der Waals surface area contributed by atoms with Crippen molar-refractivity contribution < 1.29 is 5.48 Å². The van der Waals surface area contributed by atoms with Gasteiger partial charge in [0.1, 0.15) is 0 Å². The van der Waals surface area contributed by atoms with Crippen molar-refractivity contribution in [3.05, 3.63) is 29.7 Å². The van der Waals surface area contributed by atoms with Gasteiger partial charge in [-0.15, -0.1) is 0 Å². The Morgan fingerprint density at radius 3 is 2.00 bits per heavy atom. The quantitative estimate of drug-likeness (QED) is 0.569. The molecule has 60 valence electrons. The lowest BCUT2D eigenvalue weighted by Crippen LogP contribution is -2.10. The summed E-state index contributed by atoms with van der Waals surface area (Å²) < 4.78 is 30.7. The van der Waals surface area contributed by atoms with Gasteiger partial charge in [-0.3, -0.25) is 0 Å². The van der Waals surface area contributed by atoms with Gasteiger partial charge in [0, 0.05) is 5.69 Å². The van der Waals surface area contributed by atoms with E-state index in [4.69, 9.17) is 11.2 Å². The van der Waals surface area contributed by atoms with Crippen LogP contribution in [0.5, 0.6) is 0 Å². The molecule has 0 aliphatic rings. The van der Waals surface area contributed by atoms with E-state index in [1.165, 1.54) is 0 Å². The van der Waals surface area contributed by atoms with Crippen LogP contribution in [0.1, 0.15) is 31.8 Å². The van der Waals surface area contributed by atoms with Crippen molar-refractivity contribution in [2.75, 3.05) is 5.73 Å². The predicted molar refractivity (Wildman–Crippen MR) is 49.6 cm³/mol. The van der Waals surface area contributed by atoms with Gasteiger partial charge in [0.25, 0.3) is 0 Å². The normalized spacial score (nSPS) is 16.6. The maximum Gasteiger partial charge on any atom is 0.0645 e. The van der Waals surface area contributed by atoms with E-state index in [-0.39, 0.29) is 29.9 Å². The van der Waals surface area contributed by atoms with E-state index in [0.717, 1.165) is 0 Å². The molecule has 0 heterocycles. The Labute approximate surface area is 73.9 Å². The van der Waals surface area contributed by atoms with E-state index in [1.807, 2.05) is 20.8 Å². The van der Waals surface area contributed by atoms with Crippen LogP contribution in [0.4, 0.5) is 5.69 Å². The van der Waals surface area contributed by atoms with Gasteiger partial charge in [-0.1, -0.05) is 32.9 Å². The Balaban J connectivity index is 3.68. The Hall–Kier alpha value is -0.980. The number of rotatable bonds is 0. The third-order valence-electron chi connectivity index (χ3n) is 1.39. The largest absolute Gasteiger partial charge is 0.399 e. The molecule has 11 heavy (non-hydrogen) atoms. The fraction of sp³-hybridized carbons (Fsp3) is 0.400. The van der Waals surface area contributed by atoms with Gasteiger partial charge < -0.3 is 5.73 Å². The van der Waals surface area contributed by atoms with Crippen LogP contribution in [0.25, 0.3) is 0 Å². The summed E-state index contributed by atoms with van der Waals surface area (Å²) in [4.78, 5) is 0. The highest BCUT2D eigenvalue weighted by atomic mass is 14.5. The molecule has 0 aromatic heterocycles. The zero-order valence-corrected chi connectivity index (χ0v) is 7.08. The summed E-state index contributed by atoms with van der Waals surface area (Å²) in [7, 11) is 0. The smallest absolute Gasteiger partial charge is 0.0645 e. The molecule has 1 nitrogen and oxygen atoms in total. The van der Waals surface area contributed by atoms with Crippen LogP contribution < -0.4 is 5.73 Å². The highest BCUT2D eigenvalue weighted by Crippen LogP contribution is 2.22. The monoisotopic (exact) mass is 153 g/mol. The van der Waals surface area contributed by atoms with Crippen LogP contribution in [0.15, 0.2) is 24.2 Å². The number of nitrogens with two attached hydrogens (primary N) is 1. The fourth-order valence-corrected chi connectivity index (χ4v) is 0.697. The first kappa shape index (κ1) is 4.15. The van der Waals surface area contributed by atoms with E-state index in [1.54, 1.807) is 0 Å². The highest BCUT2D eigenvalue weighted by molar-refractivity contribution is 5.40. The van der Waals surface area contributed by atoms with Crippen LogP contribution in [-0.4, -0.2) is 0 Å². The Bertz CT molecular complexity index is 378. The van der Waals surface area contributed by atoms with Crippen molar-refractivity contribution >= 4 is 5.69 Å². The second kappa shape index (κ2) is 2.57. The molecular weight excluding hydrogens is 134 g/mol. The second-order valence-electron chi connectivity index (χ2n) is 3.54. The van der Waals surface area contributed by atoms with E-state index >= 15 is 0 Å². The van der Waals surface area contributed by atoms with E-state index in [0.29, 0.717) is 5.56 Å². The summed E-state index contributed by atoms with van der Waals surface area (Å²) in [6.45, 7) is 5.56. The highest BCUT2D eigenvalue weighted by Gasteiger charge is 2.11. The molecule has 0 saturated carbocycles. The van der Waals surface area contributed by atoms with E-state index < -0.39 is 5.41 Å². The molecule has 1 aromatic carbocycles. The Kier molecular flexibility index (Phi) is 0.970. The van der Waals surface area contributed by atoms with Crippen LogP contribution in [-0.2, 0) is 5.41 Å². The van der Waals surface area contributed by atoms with Gasteiger partial charge in [-0.05, 0) is 23.1 Å². The average Bonchev–Trinajstić information content (AvgIpc) is 2.09. The van der Waals surface area contributed by atoms with Gasteiger partial charge in [-0.2, -0.15) is 0 Å². The van der Waals surface area contributed by atoms with Gasteiger partial charge >= 0.3 is 0 Å². The molecule has 0 unspecified atom stereocenters. The molecule has 0 spiro atoms. The molecule has 0 aliphatic heterocycles. The van der Waals surface area contributed by atoms with Crippen molar-refractivity contribution in [3.63, 3.8) is 0 Å². The summed E-state index contributed by atoms with van der Waals surface area (Å²) >= 11 is 0. The Morgan fingerprint density at radius 1 is 1.18 bits per heavy atom. The molecular formula is C10H15N. The minimum Gasteiger partial charge on any atom is -0.399 e. The maximum absolute atomic E-state index is 7.76. The van der Waals surface area contributed by atoms with Crippen LogP contribution in [0, 0.1) is 0 Å². The topological polar surface area (TPSA) is 26.0 Å². The van der Waals surface area contributed by atoms with Gasteiger partial charge in [0.15, 0.2) is 0 Å². The first-order valence-electron chi connectivity index (χ1n) is 5.54. The maximum atomic E-state index is 7.76. The molecule has 1 rings (SSSR count). The molecule has 0 radical (unpaired) electrons. The zero-order valence-electron chi connectivity index (χ0n) is 11.1. The molecule has 1 aromatic rings. The molecule has 2 N–H and O–H groups in total. The fourth-order valence-electron chi connectivity index (χ4n) is 0.697. The third kappa shape index (κ3) is 1.97. The molecule has 0 aliphatic carbocycles. The Morgan fingerprint density at radius 2 is 1.64 bits per heavy atom. The van der Waals surface area contributed by atoms with Gasteiger partial charge in [0.2, 0.25) is 0 Å². The lowest BCUT2D eigenvalue weighted by atomic mass is 9.87. The van der Waals surface area contributed by atoms with Crippen molar-refractivity contribution in [2.24, 2.45) is 0 Å². The summed E-state index contributed by atoms with van der Waals surface area (Å²) in [6, 6.07) is -0.385. The summed E-state index contributed by atoms with van der Waals surface area (Å²) in [6.07, 6.45) is 0. The minimum absolute atomic E-state index is 0.0407. The van der Waals surface area contributed by atoms with Crippen molar-refractivity contribution in [1.29, 1.82) is 0 Å². The molecule has 1 heteroatoms. The van der Waals surface area contributed by atoms with E-state index in [2.05, 4.69) is 0 Å². The number of anilines is 1. The lowest BCUT2D eigenvalue weighted by Gasteiger charge is -2.18. The number of hydrogen-bond donors (Lipinski definition) is 1. The summed E-state index contributed by atoms with van der Waals surface area (Å²) in [5.74, 6) is 0. The first-order chi connectivity index (χ1) is 6.68. The zero-order chi connectivity index (χ0) is 12.0. The summed E-state index contributed by atoms with van der Waals surface area (Å²) in [5.41, 5.74) is 5.38. The molecule has 0 bridgehead atoms. The van der Waals surface area contributed by atoms with E-state index in [9.17, 15) is 0 Å². The van der Waals surface area contributed by atoms with Crippen LogP contribution in [0.2, 0.25) is 0 Å². The molecule has 0 amide bonds. The number of nitrogen functional groups attached to an aromatic ring is 1.